The summed E-state index contributed by atoms with van der Waals surface area (Å²) >= 11 is 4.12. The first-order valence-corrected chi connectivity index (χ1v) is 5.40. The maximum atomic E-state index is 12.6. The molecule has 1 N–H and O–H groups in total. The van der Waals surface area contributed by atoms with Gasteiger partial charge in [-0.1, -0.05) is 26.8 Å². The van der Waals surface area contributed by atoms with Gasteiger partial charge in [0.1, 0.15) is 5.82 Å². The van der Waals surface area contributed by atoms with Crippen LogP contribution in [0.15, 0.2) is 18.2 Å². The molecule has 0 amide bonds. The molecule has 0 saturated carbocycles. The fourth-order valence-corrected chi connectivity index (χ4v) is 0.809. The van der Waals surface area contributed by atoms with E-state index in [-0.39, 0.29) is 15.9 Å². The van der Waals surface area contributed by atoms with Crippen molar-refractivity contribution >= 4 is 18.8 Å². The predicted octanol–water partition coefficient (Wildman–Crippen LogP) is 4.48. The second-order valence-electron chi connectivity index (χ2n) is 4.40. The van der Waals surface area contributed by atoms with Gasteiger partial charge in [0, 0.05) is 22.1 Å². The second-order valence-corrected chi connectivity index (χ2v) is 5.74. The van der Waals surface area contributed by atoms with Crippen molar-refractivity contribution in [1.82, 2.24) is 0 Å². The van der Waals surface area contributed by atoms with E-state index in [2.05, 4.69) is 33.4 Å². The Labute approximate surface area is 105 Å². The van der Waals surface area contributed by atoms with Crippen molar-refractivity contribution in [1.29, 1.82) is 5.41 Å². The predicted molar refractivity (Wildman–Crippen MR) is 68.0 cm³/mol. The summed E-state index contributed by atoms with van der Waals surface area (Å²) in [4.78, 5) is 0. The van der Waals surface area contributed by atoms with E-state index in [9.17, 15) is 13.2 Å². The molecule has 0 aromatic heterocycles. The lowest BCUT2D eigenvalue weighted by Gasteiger charge is -2.04. The molecular weight excluding hydrogens is 247 g/mol. The van der Waals surface area contributed by atoms with Crippen LogP contribution in [0.3, 0.4) is 0 Å². The Hall–Kier alpha value is -0.970. The molecule has 0 aliphatic rings. The number of thiol groups is 1. The van der Waals surface area contributed by atoms with Gasteiger partial charge in [-0.15, -0.1) is 0 Å². The number of halogens is 3. The number of alkyl halides is 2. The summed E-state index contributed by atoms with van der Waals surface area (Å²) < 4.78 is 36.9. The molecule has 5 heteroatoms. The highest BCUT2D eigenvalue weighted by Gasteiger charge is 2.08. The lowest BCUT2D eigenvalue weighted by atomic mass is 10.1. The van der Waals surface area contributed by atoms with Gasteiger partial charge < -0.3 is 5.41 Å². The first-order valence-electron chi connectivity index (χ1n) is 4.95. The standard InChI is InChI=1S/C8H6F3N.C4H10S/c9-7-2-1-5(8(10)11)3-6(7)4-12;1-4(2,3)5/h1-4,8,12H;5H,1-3H3. The molecule has 17 heavy (non-hydrogen) atoms. The van der Waals surface area contributed by atoms with Crippen molar-refractivity contribution < 1.29 is 13.2 Å². The number of rotatable bonds is 2. The number of benzene rings is 1. The maximum Gasteiger partial charge on any atom is 0.263 e. The number of nitrogens with one attached hydrogen (secondary N) is 1. The first kappa shape index (κ1) is 16.0. The van der Waals surface area contributed by atoms with Gasteiger partial charge in [-0.05, 0) is 12.1 Å². The molecule has 0 unspecified atom stereocenters. The normalized spacial score (nSPS) is 10.8. The lowest BCUT2D eigenvalue weighted by molar-refractivity contribution is 0.151. The molecule has 1 aromatic carbocycles. The topological polar surface area (TPSA) is 23.9 Å². The average Bonchev–Trinajstić information content (AvgIpc) is 2.15. The minimum absolute atomic E-state index is 0.118. The summed E-state index contributed by atoms with van der Waals surface area (Å²) in [5.41, 5.74) is -0.386. The largest absolute Gasteiger partial charge is 0.308 e. The van der Waals surface area contributed by atoms with Crippen LogP contribution in [0.2, 0.25) is 0 Å². The summed E-state index contributed by atoms with van der Waals surface area (Å²) in [5, 5.41) is 6.71. The SMILES string of the molecule is CC(C)(C)S.N=Cc1cc(C(F)F)ccc1F. The molecule has 0 radical (unpaired) electrons. The molecule has 1 rings (SSSR count). The van der Waals surface area contributed by atoms with Crippen LogP contribution in [0.4, 0.5) is 13.2 Å². The van der Waals surface area contributed by atoms with E-state index in [0.29, 0.717) is 6.21 Å². The molecular formula is C12H16F3NS. The fourth-order valence-electron chi connectivity index (χ4n) is 0.809. The number of hydrogen-bond acceptors (Lipinski definition) is 2. The summed E-state index contributed by atoms with van der Waals surface area (Å²) in [5.74, 6) is -0.658. The van der Waals surface area contributed by atoms with Crippen LogP contribution in [0.1, 0.15) is 38.3 Å². The minimum Gasteiger partial charge on any atom is -0.308 e. The molecule has 0 aliphatic heterocycles. The molecule has 1 aromatic rings. The van der Waals surface area contributed by atoms with Crippen molar-refractivity contribution in [3.63, 3.8) is 0 Å². The van der Waals surface area contributed by atoms with E-state index in [0.717, 1.165) is 18.2 Å². The van der Waals surface area contributed by atoms with Gasteiger partial charge in [0.05, 0.1) is 0 Å². The van der Waals surface area contributed by atoms with Crippen molar-refractivity contribution in [2.45, 2.75) is 31.9 Å². The van der Waals surface area contributed by atoms with Gasteiger partial charge in [-0.2, -0.15) is 12.6 Å². The lowest BCUT2D eigenvalue weighted by Crippen LogP contribution is -1.99. The molecule has 0 aliphatic carbocycles. The van der Waals surface area contributed by atoms with Crippen molar-refractivity contribution in [3.8, 4) is 0 Å². The Balaban J connectivity index is 0.000000437. The van der Waals surface area contributed by atoms with Gasteiger partial charge in [-0.3, -0.25) is 0 Å². The third kappa shape index (κ3) is 7.85. The smallest absolute Gasteiger partial charge is 0.263 e. The van der Waals surface area contributed by atoms with E-state index in [1.54, 1.807) is 0 Å². The quantitative estimate of drug-likeness (QED) is 0.581. The van der Waals surface area contributed by atoms with E-state index in [1.807, 2.05) is 0 Å². The van der Waals surface area contributed by atoms with Crippen molar-refractivity contribution in [2.75, 3.05) is 0 Å². The Bertz CT molecular complexity index is 367. The highest BCUT2D eigenvalue weighted by Crippen LogP contribution is 2.20. The highest BCUT2D eigenvalue weighted by molar-refractivity contribution is 7.81. The highest BCUT2D eigenvalue weighted by atomic mass is 32.1. The molecule has 1 nitrogen and oxygen atoms in total. The van der Waals surface area contributed by atoms with Gasteiger partial charge in [0.2, 0.25) is 0 Å². The van der Waals surface area contributed by atoms with Crippen LogP contribution < -0.4 is 0 Å². The summed E-state index contributed by atoms with van der Waals surface area (Å²) in [6.45, 7) is 6.16. The monoisotopic (exact) mass is 263 g/mol. The first-order chi connectivity index (χ1) is 7.65. The van der Waals surface area contributed by atoms with Crippen LogP contribution >= 0.6 is 12.6 Å². The third-order valence-electron chi connectivity index (χ3n) is 1.43. The zero-order chi connectivity index (χ0) is 13.6. The molecule has 0 spiro atoms. The summed E-state index contributed by atoms with van der Waals surface area (Å²) in [6.07, 6.45) is -1.91. The summed E-state index contributed by atoms with van der Waals surface area (Å²) in [6, 6.07) is 2.90. The average molecular weight is 263 g/mol. The van der Waals surface area contributed by atoms with Crippen molar-refractivity contribution in [2.24, 2.45) is 0 Å². The van der Waals surface area contributed by atoms with Gasteiger partial charge in [0.25, 0.3) is 6.43 Å². The van der Waals surface area contributed by atoms with Crippen molar-refractivity contribution in [3.05, 3.63) is 35.1 Å². The Morgan fingerprint density at radius 3 is 2.12 bits per heavy atom. The Morgan fingerprint density at radius 2 is 1.76 bits per heavy atom. The second kappa shape index (κ2) is 6.69. The number of hydrogen-bond donors (Lipinski definition) is 2. The summed E-state index contributed by atoms with van der Waals surface area (Å²) in [7, 11) is 0. The zero-order valence-electron chi connectivity index (χ0n) is 9.97. The maximum absolute atomic E-state index is 12.6. The molecule has 0 saturated heterocycles. The third-order valence-corrected chi connectivity index (χ3v) is 1.43. The van der Waals surface area contributed by atoms with E-state index in [4.69, 9.17) is 5.41 Å². The van der Waals surface area contributed by atoms with Crippen LogP contribution in [-0.2, 0) is 0 Å². The van der Waals surface area contributed by atoms with Crippen LogP contribution in [0, 0.1) is 11.2 Å². The van der Waals surface area contributed by atoms with Crippen LogP contribution in [-0.4, -0.2) is 11.0 Å². The van der Waals surface area contributed by atoms with E-state index < -0.39 is 12.2 Å². The van der Waals surface area contributed by atoms with E-state index >= 15 is 0 Å². The zero-order valence-corrected chi connectivity index (χ0v) is 10.9. The minimum atomic E-state index is -2.62. The molecule has 0 bridgehead atoms. The molecule has 0 atom stereocenters. The van der Waals surface area contributed by atoms with Gasteiger partial charge >= 0.3 is 0 Å². The fraction of sp³-hybridized carbons (Fsp3) is 0.417. The van der Waals surface area contributed by atoms with Gasteiger partial charge in [0.15, 0.2) is 0 Å². The van der Waals surface area contributed by atoms with E-state index in [1.165, 1.54) is 0 Å². The Morgan fingerprint density at radius 1 is 1.29 bits per heavy atom. The molecule has 96 valence electrons. The van der Waals surface area contributed by atoms with Crippen LogP contribution in [0.5, 0.6) is 0 Å². The molecule has 0 heterocycles. The van der Waals surface area contributed by atoms with Crippen LogP contribution in [0.25, 0.3) is 0 Å². The van der Waals surface area contributed by atoms with Gasteiger partial charge in [-0.25, -0.2) is 13.2 Å². The Kier molecular flexibility index (Phi) is 6.31. The molecule has 0 fully saturated rings.